The van der Waals surface area contributed by atoms with E-state index in [1.165, 1.54) is 22.9 Å². The van der Waals surface area contributed by atoms with Gasteiger partial charge in [-0.25, -0.2) is 0 Å². The number of carbonyl (C=O) groups excluding carboxylic acids is 5. The van der Waals surface area contributed by atoms with Crippen LogP contribution in [0.3, 0.4) is 0 Å². The van der Waals surface area contributed by atoms with E-state index < -0.39 is 54.1 Å². The second-order valence-corrected chi connectivity index (χ2v) is 9.89. The lowest BCUT2D eigenvalue weighted by Crippen LogP contribution is -2.68. The number of piperazine rings is 1. The third kappa shape index (κ3) is 5.32. The maximum Gasteiger partial charge on any atom is 0.310 e. The van der Waals surface area contributed by atoms with Crippen LogP contribution in [0.15, 0.2) is 48.7 Å². The molecule has 0 spiro atoms. The number of cyclic esters (lactones) is 1. The van der Waals surface area contributed by atoms with Crippen molar-refractivity contribution in [3.63, 3.8) is 0 Å². The predicted molar refractivity (Wildman–Crippen MR) is 137 cm³/mol. The van der Waals surface area contributed by atoms with Crippen molar-refractivity contribution in [2.75, 3.05) is 13.1 Å². The molecule has 0 bridgehead atoms. The molecule has 3 aliphatic heterocycles. The van der Waals surface area contributed by atoms with Gasteiger partial charge in [0.25, 0.3) is 5.91 Å². The minimum absolute atomic E-state index is 0.0731. The van der Waals surface area contributed by atoms with E-state index >= 15 is 0 Å². The van der Waals surface area contributed by atoms with E-state index in [2.05, 4.69) is 15.6 Å². The zero-order valence-electron chi connectivity index (χ0n) is 21.3. The Kier molecular flexibility index (Phi) is 7.29. The Bertz CT molecular complexity index is 1360. The molecule has 2 unspecified atom stereocenters. The van der Waals surface area contributed by atoms with Gasteiger partial charge in [-0.2, -0.15) is 0 Å². The van der Waals surface area contributed by atoms with Crippen molar-refractivity contribution < 1.29 is 33.8 Å². The summed E-state index contributed by atoms with van der Waals surface area (Å²) in [5.41, 5.74) is 0.180. The highest BCUT2D eigenvalue weighted by molar-refractivity contribution is 6.06. The molecule has 4 amide bonds. The molecule has 5 rings (SSSR count). The van der Waals surface area contributed by atoms with Gasteiger partial charge in [0.2, 0.25) is 24.0 Å². The van der Waals surface area contributed by atoms with Gasteiger partial charge in [-0.1, -0.05) is 36.4 Å². The van der Waals surface area contributed by atoms with E-state index in [1.807, 2.05) is 18.2 Å². The first-order valence-corrected chi connectivity index (χ1v) is 12.8. The van der Waals surface area contributed by atoms with Crippen LogP contribution in [-0.4, -0.2) is 93.0 Å². The lowest BCUT2D eigenvalue weighted by molar-refractivity contribution is -0.157. The normalized spacial score (nSPS) is 26.9. The van der Waals surface area contributed by atoms with Crippen LogP contribution in [0.5, 0.6) is 0 Å². The smallest absolute Gasteiger partial charge is 0.310 e. The van der Waals surface area contributed by atoms with Gasteiger partial charge in [-0.15, -0.1) is 0 Å². The monoisotopic (exact) mass is 535 g/mol. The van der Waals surface area contributed by atoms with E-state index in [1.54, 1.807) is 24.3 Å². The molecule has 204 valence electrons. The summed E-state index contributed by atoms with van der Waals surface area (Å²) in [6.07, 6.45) is 4.08. The maximum atomic E-state index is 14.0. The summed E-state index contributed by atoms with van der Waals surface area (Å²) < 4.78 is 4.71. The number of nitrogens with one attached hydrogen (secondary N) is 2. The van der Waals surface area contributed by atoms with Gasteiger partial charge in [0.15, 0.2) is 0 Å². The Morgan fingerprint density at radius 3 is 2.56 bits per heavy atom. The quantitative estimate of drug-likeness (QED) is 0.361. The van der Waals surface area contributed by atoms with Crippen LogP contribution in [-0.2, 0) is 23.9 Å². The average Bonchev–Trinajstić information content (AvgIpc) is 3.23. The number of ether oxygens (including phenoxy) is 1. The standard InChI is InChI=1S/C27H29N5O7/c1-15(33)31-13-17-7-3-5-9-19(29-25(36)23-18-8-4-2-6-16(18)10-11-28-23)26(37)32(17)21(14-31)24(35)30-20-12-22(34)39-27(20)38/h2-6,8,10-11,17,19-21,27,38H,7,9,12-14H2,1H3,(H,29,36)(H,30,35)/t17-,19-,20?,21-,27?/m0/s1. The first-order chi connectivity index (χ1) is 18.7. The first-order valence-electron chi connectivity index (χ1n) is 12.8. The van der Waals surface area contributed by atoms with Crippen LogP contribution in [0, 0.1) is 0 Å². The van der Waals surface area contributed by atoms with Crippen molar-refractivity contribution in [3.05, 3.63) is 54.4 Å². The van der Waals surface area contributed by atoms with Gasteiger partial charge < -0.3 is 30.3 Å². The highest BCUT2D eigenvalue weighted by Crippen LogP contribution is 2.25. The van der Waals surface area contributed by atoms with Gasteiger partial charge in [-0.3, -0.25) is 29.0 Å². The topological polar surface area (TPSA) is 158 Å². The Balaban J connectivity index is 1.42. The SMILES string of the molecule is CC(=O)N1C[C@@H]2CC=CC[C@H](NC(=O)c3nccc4ccccc34)C(=O)N2[C@H](C(=O)NC2CC(=O)OC2O)C1. The van der Waals surface area contributed by atoms with Crippen LogP contribution < -0.4 is 10.6 Å². The van der Waals surface area contributed by atoms with Crippen LogP contribution >= 0.6 is 0 Å². The third-order valence-corrected chi connectivity index (χ3v) is 7.31. The van der Waals surface area contributed by atoms with Crippen molar-refractivity contribution in [1.82, 2.24) is 25.4 Å². The van der Waals surface area contributed by atoms with E-state index in [0.29, 0.717) is 11.8 Å². The summed E-state index contributed by atoms with van der Waals surface area (Å²) in [6, 6.07) is 5.48. The van der Waals surface area contributed by atoms with E-state index in [0.717, 1.165) is 5.39 Å². The highest BCUT2D eigenvalue weighted by atomic mass is 16.6. The summed E-state index contributed by atoms with van der Waals surface area (Å²) in [6.45, 7) is 1.53. The fourth-order valence-corrected chi connectivity index (χ4v) is 5.32. The predicted octanol–water partition coefficient (Wildman–Crippen LogP) is -0.139. The maximum absolute atomic E-state index is 14.0. The molecule has 1 aromatic heterocycles. The van der Waals surface area contributed by atoms with Crippen LogP contribution in [0.25, 0.3) is 10.8 Å². The van der Waals surface area contributed by atoms with Crippen LogP contribution in [0.1, 0.15) is 36.7 Å². The number of nitrogens with zero attached hydrogens (tertiary/aromatic N) is 3. The molecule has 3 aliphatic rings. The molecule has 2 aromatic rings. The molecule has 12 nitrogen and oxygen atoms in total. The number of pyridine rings is 1. The molecule has 39 heavy (non-hydrogen) atoms. The molecule has 2 fully saturated rings. The number of hydrogen-bond acceptors (Lipinski definition) is 8. The van der Waals surface area contributed by atoms with Gasteiger partial charge >= 0.3 is 5.97 Å². The second-order valence-electron chi connectivity index (χ2n) is 9.89. The molecule has 5 atom stereocenters. The summed E-state index contributed by atoms with van der Waals surface area (Å²) in [5.74, 6) is -2.54. The van der Waals surface area contributed by atoms with E-state index in [-0.39, 0.29) is 37.5 Å². The number of carbonyl (C=O) groups is 5. The molecule has 1 aromatic carbocycles. The third-order valence-electron chi connectivity index (χ3n) is 7.31. The number of rotatable bonds is 4. The number of aliphatic hydroxyl groups excluding tert-OH is 1. The molecule has 0 saturated carbocycles. The summed E-state index contributed by atoms with van der Waals surface area (Å²) in [5, 5.41) is 16.8. The van der Waals surface area contributed by atoms with Gasteiger partial charge in [0, 0.05) is 25.1 Å². The molecule has 0 radical (unpaired) electrons. The zero-order chi connectivity index (χ0) is 27.7. The van der Waals surface area contributed by atoms with Crippen molar-refractivity contribution in [2.45, 2.75) is 56.6 Å². The van der Waals surface area contributed by atoms with Crippen molar-refractivity contribution in [2.24, 2.45) is 0 Å². The van der Waals surface area contributed by atoms with Crippen molar-refractivity contribution >= 4 is 40.4 Å². The Morgan fingerprint density at radius 1 is 1.05 bits per heavy atom. The summed E-state index contributed by atoms with van der Waals surface area (Å²) in [7, 11) is 0. The summed E-state index contributed by atoms with van der Waals surface area (Å²) >= 11 is 0. The lowest BCUT2D eigenvalue weighted by atomic mass is 9.96. The zero-order valence-corrected chi connectivity index (χ0v) is 21.3. The van der Waals surface area contributed by atoms with Gasteiger partial charge in [-0.05, 0) is 24.3 Å². The first kappa shape index (κ1) is 26.3. The number of aromatic nitrogens is 1. The van der Waals surface area contributed by atoms with Crippen LogP contribution in [0.4, 0.5) is 0 Å². The number of fused-ring (bicyclic) bond motifs is 2. The van der Waals surface area contributed by atoms with Crippen LogP contribution in [0.2, 0.25) is 0 Å². The molecule has 4 heterocycles. The number of benzene rings is 1. The molecule has 3 N–H and O–H groups in total. The fourth-order valence-electron chi connectivity index (χ4n) is 5.32. The van der Waals surface area contributed by atoms with E-state index in [9.17, 15) is 29.1 Å². The Labute approximate surface area is 224 Å². The average molecular weight is 536 g/mol. The van der Waals surface area contributed by atoms with Crippen molar-refractivity contribution in [3.8, 4) is 0 Å². The molecule has 2 saturated heterocycles. The Hall–Kier alpha value is -4.32. The second kappa shape index (κ2) is 10.8. The van der Waals surface area contributed by atoms with Gasteiger partial charge in [0.1, 0.15) is 23.8 Å². The molecule has 12 heteroatoms. The molecular weight excluding hydrogens is 506 g/mol. The van der Waals surface area contributed by atoms with E-state index in [4.69, 9.17) is 4.74 Å². The minimum atomic E-state index is -1.50. The number of esters is 1. The van der Waals surface area contributed by atoms with Gasteiger partial charge in [0.05, 0.1) is 19.0 Å². The number of aliphatic hydroxyl groups is 1. The number of amides is 4. The number of hydrogen-bond donors (Lipinski definition) is 3. The Morgan fingerprint density at radius 2 is 1.82 bits per heavy atom. The molecular formula is C27H29N5O7. The lowest BCUT2D eigenvalue weighted by Gasteiger charge is -2.47. The van der Waals surface area contributed by atoms with Crippen molar-refractivity contribution in [1.29, 1.82) is 0 Å². The largest absolute Gasteiger partial charge is 0.434 e. The minimum Gasteiger partial charge on any atom is -0.434 e. The molecule has 0 aliphatic carbocycles. The fraction of sp³-hybridized carbons (Fsp3) is 0.407. The summed E-state index contributed by atoms with van der Waals surface area (Å²) in [4.78, 5) is 71.7. The highest BCUT2D eigenvalue weighted by Gasteiger charge is 2.46.